The minimum absolute atomic E-state index is 0.233. The van der Waals surface area contributed by atoms with Gasteiger partial charge in [-0.25, -0.2) is 0 Å². The quantitative estimate of drug-likeness (QED) is 0.602. The third-order valence-corrected chi connectivity index (χ3v) is 3.72. The number of fused-ring (bicyclic) bond motifs is 1. The van der Waals surface area contributed by atoms with Crippen molar-refractivity contribution in [1.29, 1.82) is 0 Å². The Balaban J connectivity index is 1.71. The Morgan fingerprint density at radius 3 is 2.71 bits per heavy atom. The summed E-state index contributed by atoms with van der Waals surface area (Å²) in [5.41, 5.74) is 3.02. The summed E-state index contributed by atoms with van der Waals surface area (Å²) in [6.45, 7) is 1.87. The van der Waals surface area contributed by atoms with Gasteiger partial charge in [-0.05, 0) is 25.1 Å². The monoisotopic (exact) mass is 318 g/mol. The molecule has 2 aromatic heterocycles. The molecule has 2 aromatic carbocycles. The molecule has 0 atom stereocenters. The molecule has 0 bridgehead atoms. The van der Waals surface area contributed by atoms with Crippen LogP contribution in [0.2, 0.25) is 0 Å². The summed E-state index contributed by atoms with van der Waals surface area (Å²) in [5.74, 6) is 0.908. The van der Waals surface area contributed by atoms with E-state index in [2.05, 4.69) is 20.7 Å². The highest BCUT2D eigenvalue weighted by Gasteiger charge is 2.14. The molecule has 4 aromatic rings. The Morgan fingerprint density at radius 2 is 1.96 bits per heavy atom. The number of carbonyl (C=O) groups is 1. The van der Waals surface area contributed by atoms with Gasteiger partial charge in [0.05, 0.1) is 5.39 Å². The van der Waals surface area contributed by atoms with E-state index in [1.54, 1.807) is 24.3 Å². The molecule has 2 heterocycles. The number of H-pyrrole nitrogens is 1. The van der Waals surface area contributed by atoms with Gasteiger partial charge >= 0.3 is 0 Å². The van der Waals surface area contributed by atoms with Gasteiger partial charge in [-0.1, -0.05) is 35.5 Å². The summed E-state index contributed by atoms with van der Waals surface area (Å²) in [7, 11) is 0. The molecule has 1 amide bonds. The second kappa shape index (κ2) is 5.66. The van der Waals surface area contributed by atoms with E-state index < -0.39 is 0 Å². The molecule has 0 radical (unpaired) electrons. The van der Waals surface area contributed by atoms with Crippen LogP contribution in [-0.2, 0) is 0 Å². The van der Waals surface area contributed by atoms with Crippen molar-refractivity contribution in [3.8, 4) is 11.3 Å². The van der Waals surface area contributed by atoms with Crippen molar-refractivity contribution in [2.24, 2.45) is 0 Å². The Bertz CT molecular complexity index is 1020. The van der Waals surface area contributed by atoms with Crippen molar-refractivity contribution in [2.75, 3.05) is 5.32 Å². The average molecular weight is 318 g/mol. The Morgan fingerprint density at radius 1 is 1.12 bits per heavy atom. The van der Waals surface area contributed by atoms with Crippen LogP contribution >= 0.6 is 0 Å². The Labute approximate surface area is 137 Å². The first-order chi connectivity index (χ1) is 11.7. The van der Waals surface area contributed by atoms with Crippen molar-refractivity contribution in [2.45, 2.75) is 6.92 Å². The standard InChI is InChI=1S/C18H14N4O2/c1-11-9-16(21-20-11)19-18(23)13-7-8-15-14(10-13)17(24-22-15)12-5-3-2-4-6-12/h2-10H,1H3,(H2,19,20,21,23). The highest BCUT2D eigenvalue weighted by Crippen LogP contribution is 2.29. The van der Waals surface area contributed by atoms with Gasteiger partial charge in [0.25, 0.3) is 5.91 Å². The van der Waals surface area contributed by atoms with Crippen LogP contribution in [-0.4, -0.2) is 21.3 Å². The SMILES string of the molecule is Cc1cc(NC(=O)c2ccc3noc(-c4ccccc4)c3c2)n[nH]1. The lowest BCUT2D eigenvalue weighted by atomic mass is 10.1. The summed E-state index contributed by atoms with van der Waals surface area (Å²) in [6, 6.07) is 16.7. The third-order valence-electron chi connectivity index (χ3n) is 3.72. The second-order valence-electron chi connectivity index (χ2n) is 5.50. The number of carbonyl (C=O) groups excluding carboxylic acids is 1. The molecule has 0 aliphatic rings. The van der Waals surface area contributed by atoms with Gasteiger partial charge in [0.15, 0.2) is 11.6 Å². The smallest absolute Gasteiger partial charge is 0.256 e. The molecule has 2 N–H and O–H groups in total. The topological polar surface area (TPSA) is 83.8 Å². The van der Waals surface area contributed by atoms with Crippen LogP contribution in [0.15, 0.2) is 59.1 Å². The summed E-state index contributed by atoms with van der Waals surface area (Å²) in [4.78, 5) is 12.4. The van der Waals surface area contributed by atoms with Crippen LogP contribution in [0.5, 0.6) is 0 Å². The number of aromatic nitrogens is 3. The van der Waals surface area contributed by atoms with Gasteiger partial charge in [0.1, 0.15) is 5.52 Å². The van der Waals surface area contributed by atoms with E-state index in [0.717, 1.165) is 16.6 Å². The number of aromatic amines is 1. The zero-order valence-corrected chi connectivity index (χ0v) is 12.9. The predicted octanol–water partition coefficient (Wildman–Crippen LogP) is 3.78. The predicted molar refractivity (Wildman–Crippen MR) is 90.7 cm³/mol. The van der Waals surface area contributed by atoms with E-state index in [1.165, 1.54) is 0 Å². The van der Waals surface area contributed by atoms with Crippen molar-refractivity contribution in [1.82, 2.24) is 15.4 Å². The first-order valence-electron chi connectivity index (χ1n) is 7.49. The lowest BCUT2D eigenvalue weighted by Gasteiger charge is -2.02. The molecular weight excluding hydrogens is 304 g/mol. The lowest BCUT2D eigenvalue weighted by Crippen LogP contribution is -2.12. The van der Waals surface area contributed by atoms with E-state index in [9.17, 15) is 4.79 Å². The fourth-order valence-electron chi connectivity index (χ4n) is 2.55. The van der Waals surface area contributed by atoms with Crippen LogP contribution in [0.3, 0.4) is 0 Å². The van der Waals surface area contributed by atoms with E-state index in [-0.39, 0.29) is 5.91 Å². The summed E-state index contributed by atoms with van der Waals surface area (Å²) < 4.78 is 5.46. The molecule has 0 spiro atoms. The number of amides is 1. The average Bonchev–Trinajstić information content (AvgIpc) is 3.21. The van der Waals surface area contributed by atoms with Crippen molar-refractivity contribution >= 4 is 22.6 Å². The lowest BCUT2D eigenvalue weighted by molar-refractivity contribution is 0.102. The zero-order valence-electron chi connectivity index (χ0n) is 12.9. The first-order valence-corrected chi connectivity index (χ1v) is 7.49. The molecule has 4 rings (SSSR count). The van der Waals surface area contributed by atoms with Gasteiger partial charge in [0.2, 0.25) is 0 Å². The molecule has 0 saturated carbocycles. The van der Waals surface area contributed by atoms with E-state index in [0.29, 0.717) is 22.7 Å². The molecule has 0 aliphatic carbocycles. The molecule has 6 nitrogen and oxygen atoms in total. The summed E-state index contributed by atoms with van der Waals surface area (Å²) >= 11 is 0. The highest BCUT2D eigenvalue weighted by atomic mass is 16.5. The normalized spacial score (nSPS) is 10.9. The zero-order chi connectivity index (χ0) is 16.5. The van der Waals surface area contributed by atoms with Gasteiger partial charge in [-0.15, -0.1) is 0 Å². The van der Waals surface area contributed by atoms with E-state index in [4.69, 9.17) is 4.52 Å². The van der Waals surface area contributed by atoms with Gasteiger partial charge in [-0.2, -0.15) is 5.10 Å². The number of aryl methyl sites for hydroxylation is 1. The minimum atomic E-state index is -0.233. The second-order valence-corrected chi connectivity index (χ2v) is 5.50. The number of nitrogens with zero attached hydrogens (tertiary/aromatic N) is 2. The van der Waals surface area contributed by atoms with Crippen molar-refractivity contribution < 1.29 is 9.32 Å². The van der Waals surface area contributed by atoms with Crippen LogP contribution in [0, 0.1) is 6.92 Å². The molecule has 0 unspecified atom stereocenters. The van der Waals surface area contributed by atoms with Crippen LogP contribution in [0.4, 0.5) is 5.82 Å². The number of hydrogen-bond donors (Lipinski definition) is 2. The van der Waals surface area contributed by atoms with Gasteiger partial charge < -0.3 is 9.84 Å². The number of benzene rings is 2. The summed E-state index contributed by atoms with van der Waals surface area (Å²) in [6.07, 6.45) is 0. The molecule has 6 heteroatoms. The van der Waals surface area contributed by atoms with Gasteiger partial charge in [-0.3, -0.25) is 9.89 Å². The van der Waals surface area contributed by atoms with Gasteiger partial charge in [0, 0.05) is 22.9 Å². The molecule has 0 aliphatic heterocycles. The number of anilines is 1. The van der Waals surface area contributed by atoms with E-state index >= 15 is 0 Å². The van der Waals surface area contributed by atoms with Crippen molar-refractivity contribution in [3.63, 3.8) is 0 Å². The number of hydrogen-bond acceptors (Lipinski definition) is 4. The number of rotatable bonds is 3. The van der Waals surface area contributed by atoms with Crippen LogP contribution < -0.4 is 5.32 Å². The Hall–Kier alpha value is -3.41. The van der Waals surface area contributed by atoms with Crippen molar-refractivity contribution in [3.05, 3.63) is 65.9 Å². The van der Waals surface area contributed by atoms with Crippen LogP contribution in [0.1, 0.15) is 16.1 Å². The molecule has 0 saturated heterocycles. The first kappa shape index (κ1) is 14.2. The molecular formula is C18H14N4O2. The fraction of sp³-hybridized carbons (Fsp3) is 0.0556. The molecule has 118 valence electrons. The maximum atomic E-state index is 12.4. The maximum Gasteiger partial charge on any atom is 0.256 e. The summed E-state index contributed by atoms with van der Waals surface area (Å²) in [5, 5.41) is 14.4. The largest absolute Gasteiger partial charge is 0.355 e. The fourth-order valence-corrected chi connectivity index (χ4v) is 2.55. The highest BCUT2D eigenvalue weighted by molar-refractivity contribution is 6.07. The minimum Gasteiger partial charge on any atom is -0.355 e. The Kier molecular flexibility index (Phi) is 3.35. The number of nitrogens with one attached hydrogen (secondary N) is 2. The van der Waals surface area contributed by atoms with Crippen LogP contribution in [0.25, 0.3) is 22.2 Å². The third kappa shape index (κ3) is 2.54. The maximum absolute atomic E-state index is 12.4. The van der Waals surface area contributed by atoms with E-state index in [1.807, 2.05) is 37.3 Å². The molecule has 24 heavy (non-hydrogen) atoms. The molecule has 0 fully saturated rings.